The summed E-state index contributed by atoms with van der Waals surface area (Å²) in [5.74, 6) is 0.835. The summed E-state index contributed by atoms with van der Waals surface area (Å²) in [6.07, 6.45) is 0. The molecule has 0 aliphatic heterocycles. The van der Waals surface area contributed by atoms with E-state index in [0.29, 0.717) is 27.5 Å². The van der Waals surface area contributed by atoms with Crippen LogP contribution in [0.4, 0.5) is 5.69 Å². The fraction of sp³-hybridized carbons (Fsp3) is 0.0769. The van der Waals surface area contributed by atoms with Crippen molar-refractivity contribution in [2.75, 3.05) is 0 Å². The topological polar surface area (TPSA) is 78.4 Å². The lowest BCUT2D eigenvalue weighted by atomic mass is 10.2. The molecule has 0 bridgehead atoms. The highest BCUT2D eigenvalue weighted by molar-refractivity contribution is 9.10. The third kappa shape index (κ3) is 3.47. The first-order valence-electron chi connectivity index (χ1n) is 5.61. The van der Waals surface area contributed by atoms with Crippen LogP contribution in [0.15, 0.2) is 40.9 Å². The van der Waals surface area contributed by atoms with E-state index in [1.165, 1.54) is 12.1 Å². The summed E-state index contributed by atoms with van der Waals surface area (Å²) in [6, 6.07) is 9.46. The van der Waals surface area contributed by atoms with Gasteiger partial charge in [0.15, 0.2) is 0 Å². The number of nitrogens with two attached hydrogens (primary N) is 1. The van der Waals surface area contributed by atoms with Gasteiger partial charge in [-0.2, -0.15) is 0 Å². The highest BCUT2D eigenvalue weighted by Gasteiger charge is 2.10. The van der Waals surface area contributed by atoms with Crippen LogP contribution in [0.2, 0.25) is 5.02 Å². The fourth-order valence-corrected chi connectivity index (χ4v) is 2.31. The molecule has 104 valence electrons. The Morgan fingerprint density at radius 3 is 2.60 bits per heavy atom. The number of hydrogen-bond donors (Lipinski definition) is 1. The van der Waals surface area contributed by atoms with Gasteiger partial charge in [-0.05, 0) is 23.8 Å². The minimum atomic E-state index is -0.484. The smallest absolute Gasteiger partial charge is 0.274 e. The number of benzene rings is 2. The largest absolute Gasteiger partial charge is 0.457 e. The van der Waals surface area contributed by atoms with Crippen LogP contribution >= 0.6 is 27.5 Å². The van der Waals surface area contributed by atoms with Crippen LogP contribution in [0.1, 0.15) is 5.56 Å². The zero-order chi connectivity index (χ0) is 14.7. The van der Waals surface area contributed by atoms with Gasteiger partial charge in [-0.3, -0.25) is 10.1 Å². The van der Waals surface area contributed by atoms with Crippen molar-refractivity contribution in [1.29, 1.82) is 0 Å². The third-order valence-corrected chi connectivity index (χ3v) is 3.36. The molecule has 0 fully saturated rings. The van der Waals surface area contributed by atoms with E-state index in [2.05, 4.69) is 15.9 Å². The van der Waals surface area contributed by atoms with Crippen LogP contribution in [0.5, 0.6) is 11.5 Å². The molecule has 7 heteroatoms. The van der Waals surface area contributed by atoms with E-state index in [0.717, 1.165) is 5.56 Å². The average Bonchev–Trinajstić information content (AvgIpc) is 2.38. The molecule has 0 unspecified atom stereocenters. The van der Waals surface area contributed by atoms with Crippen LogP contribution in [-0.2, 0) is 6.54 Å². The summed E-state index contributed by atoms with van der Waals surface area (Å²) < 4.78 is 6.13. The molecule has 5 nitrogen and oxygen atoms in total. The van der Waals surface area contributed by atoms with Crippen molar-refractivity contribution < 1.29 is 9.66 Å². The molecular weight excluding hydrogens is 348 g/mol. The lowest BCUT2D eigenvalue weighted by Crippen LogP contribution is -1.97. The van der Waals surface area contributed by atoms with Crippen LogP contribution < -0.4 is 10.5 Å². The first-order valence-corrected chi connectivity index (χ1v) is 6.78. The maximum atomic E-state index is 10.8. The maximum Gasteiger partial charge on any atom is 0.274 e. The quantitative estimate of drug-likeness (QED) is 0.655. The van der Waals surface area contributed by atoms with E-state index in [9.17, 15) is 10.1 Å². The van der Waals surface area contributed by atoms with Gasteiger partial charge in [0.1, 0.15) is 11.5 Å². The summed E-state index contributed by atoms with van der Waals surface area (Å²) >= 11 is 9.24. The van der Waals surface area contributed by atoms with Crippen LogP contribution in [0.3, 0.4) is 0 Å². The van der Waals surface area contributed by atoms with Crippen molar-refractivity contribution in [2.24, 2.45) is 5.73 Å². The molecule has 0 saturated carbocycles. The van der Waals surface area contributed by atoms with Crippen molar-refractivity contribution in [3.05, 3.63) is 61.6 Å². The number of non-ortho nitro benzene ring substituents is 1. The van der Waals surface area contributed by atoms with Crippen molar-refractivity contribution >= 4 is 33.2 Å². The number of rotatable bonds is 4. The molecule has 0 aliphatic carbocycles. The molecular formula is C13H10BrClN2O3. The standard InChI is InChI=1S/C13H10BrClN2O3/c14-9-3-10(17(18)19)5-12(4-9)20-11-2-1-8(7-16)13(15)6-11/h1-6H,7,16H2. The molecule has 0 radical (unpaired) electrons. The second-order valence-electron chi connectivity index (χ2n) is 3.96. The molecule has 0 spiro atoms. The van der Waals surface area contributed by atoms with Gasteiger partial charge < -0.3 is 10.5 Å². The van der Waals surface area contributed by atoms with E-state index < -0.39 is 4.92 Å². The lowest BCUT2D eigenvalue weighted by molar-refractivity contribution is -0.385. The second-order valence-corrected chi connectivity index (χ2v) is 5.28. The molecule has 0 aromatic heterocycles. The Morgan fingerprint density at radius 2 is 2.00 bits per heavy atom. The Morgan fingerprint density at radius 1 is 1.25 bits per heavy atom. The molecule has 20 heavy (non-hydrogen) atoms. The number of halogens is 2. The van der Waals surface area contributed by atoms with E-state index in [1.54, 1.807) is 24.3 Å². The number of nitrogens with zero attached hydrogens (tertiary/aromatic N) is 1. The molecule has 0 atom stereocenters. The first-order chi connectivity index (χ1) is 9.49. The third-order valence-electron chi connectivity index (χ3n) is 2.55. The number of hydrogen-bond acceptors (Lipinski definition) is 4. The van der Waals surface area contributed by atoms with E-state index in [4.69, 9.17) is 22.1 Å². The highest BCUT2D eigenvalue weighted by atomic mass is 79.9. The molecule has 2 rings (SSSR count). The summed E-state index contributed by atoms with van der Waals surface area (Å²) in [5, 5.41) is 11.3. The van der Waals surface area contributed by atoms with Gasteiger partial charge in [0.05, 0.1) is 11.0 Å². The van der Waals surface area contributed by atoms with Crippen LogP contribution in [0, 0.1) is 10.1 Å². The van der Waals surface area contributed by atoms with Crippen LogP contribution in [-0.4, -0.2) is 4.92 Å². The summed E-state index contributed by atoms with van der Waals surface area (Å²) in [5.41, 5.74) is 6.27. The number of nitro benzene ring substituents is 1. The van der Waals surface area contributed by atoms with Gasteiger partial charge in [0, 0.05) is 22.1 Å². The normalized spacial score (nSPS) is 10.3. The molecule has 0 aliphatic rings. The zero-order valence-electron chi connectivity index (χ0n) is 10.2. The monoisotopic (exact) mass is 356 g/mol. The SMILES string of the molecule is NCc1ccc(Oc2cc(Br)cc([N+](=O)[O-])c2)cc1Cl. The van der Waals surface area contributed by atoms with Crippen molar-refractivity contribution in [3.8, 4) is 11.5 Å². The van der Waals surface area contributed by atoms with Crippen molar-refractivity contribution in [2.45, 2.75) is 6.54 Å². The van der Waals surface area contributed by atoms with Gasteiger partial charge >= 0.3 is 0 Å². The predicted molar refractivity (Wildman–Crippen MR) is 80.2 cm³/mol. The average molecular weight is 358 g/mol. The maximum absolute atomic E-state index is 10.8. The second kappa shape index (κ2) is 6.21. The van der Waals surface area contributed by atoms with Gasteiger partial charge in [0.2, 0.25) is 0 Å². The number of nitro groups is 1. The molecule has 2 aromatic carbocycles. The zero-order valence-corrected chi connectivity index (χ0v) is 12.5. The van der Waals surface area contributed by atoms with Crippen molar-refractivity contribution in [3.63, 3.8) is 0 Å². The lowest BCUT2D eigenvalue weighted by Gasteiger charge is -2.08. The van der Waals surface area contributed by atoms with Crippen LogP contribution in [0.25, 0.3) is 0 Å². The Hall–Kier alpha value is -1.63. The minimum absolute atomic E-state index is 0.0564. The van der Waals surface area contributed by atoms with Crippen molar-refractivity contribution in [1.82, 2.24) is 0 Å². The Kier molecular flexibility index (Phi) is 4.59. The van der Waals surface area contributed by atoms with E-state index >= 15 is 0 Å². The highest BCUT2D eigenvalue weighted by Crippen LogP contribution is 2.31. The fourth-order valence-electron chi connectivity index (χ4n) is 1.61. The van der Waals surface area contributed by atoms with E-state index in [-0.39, 0.29) is 5.69 Å². The molecule has 0 amide bonds. The Bertz CT molecular complexity index is 664. The minimum Gasteiger partial charge on any atom is -0.457 e. The molecule has 0 heterocycles. The van der Waals surface area contributed by atoms with Gasteiger partial charge in [-0.15, -0.1) is 0 Å². The molecule has 0 saturated heterocycles. The molecule has 2 aromatic rings. The summed E-state index contributed by atoms with van der Waals surface area (Å²) in [7, 11) is 0. The first kappa shape index (κ1) is 14.8. The summed E-state index contributed by atoms with van der Waals surface area (Å²) in [4.78, 5) is 10.3. The van der Waals surface area contributed by atoms with Gasteiger partial charge in [-0.1, -0.05) is 33.6 Å². The number of ether oxygens (including phenoxy) is 1. The Balaban J connectivity index is 2.30. The van der Waals surface area contributed by atoms with E-state index in [1.807, 2.05) is 0 Å². The van der Waals surface area contributed by atoms with Gasteiger partial charge in [0.25, 0.3) is 5.69 Å². The van der Waals surface area contributed by atoms with Gasteiger partial charge in [-0.25, -0.2) is 0 Å². The Labute approximate surface area is 128 Å². The summed E-state index contributed by atoms with van der Waals surface area (Å²) in [6.45, 7) is 0.335. The molecule has 2 N–H and O–H groups in total. The predicted octanol–water partition coefficient (Wildman–Crippen LogP) is 4.26.